The normalized spacial score (nSPS) is 12.2. The lowest BCUT2D eigenvalue weighted by Gasteiger charge is -2.31. The molecular weight excluding hydrogens is 485 g/mol. The number of anilines is 1. The highest BCUT2D eigenvalue weighted by atomic mass is 35.5. The summed E-state index contributed by atoms with van der Waals surface area (Å²) in [5.74, 6) is -0.818. The van der Waals surface area contributed by atoms with E-state index in [4.69, 9.17) is 23.2 Å². The predicted molar refractivity (Wildman–Crippen MR) is 133 cm³/mol. The van der Waals surface area contributed by atoms with Crippen LogP contribution in [0.15, 0.2) is 48.5 Å². The smallest absolute Gasteiger partial charge is 0.244 e. The van der Waals surface area contributed by atoms with Crippen molar-refractivity contribution in [1.29, 1.82) is 0 Å². The van der Waals surface area contributed by atoms with Gasteiger partial charge in [-0.1, -0.05) is 66.9 Å². The number of sulfonamides is 1. The number of carbonyl (C=O) groups is 2. The van der Waals surface area contributed by atoms with Gasteiger partial charge in [0.1, 0.15) is 12.6 Å². The van der Waals surface area contributed by atoms with E-state index >= 15 is 0 Å². The molecule has 0 saturated carbocycles. The lowest BCUT2D eigenvalue weighted by Crippen LogP contribution is -2.51. The van der Waals surface area contributed by atoms with Crippen molar-refractivity contribution in [2.45, 2.75) is 39.3 Å². The molecule has 0 radical (unpaired) electrons. The average molecular weight is 514 g/mol. The number of carbonyl (C=O) groups excluding carboxylic acids is 2. The molecule has 10 heteroatoms. The standard InChI is InChI=1S/C23H29Cl2N3O4S/c1-4-5-13-26-23(30)17(2)27(15-18-9-7-6-8-10-18)22(29)16-28(33(3,31)32)19-11-12-20(24)21(25)14-19/h6-12,14,17H,4-5,13,15-16H2,1-3H3,(H,26,30). The number of benzene rings is 2. The van der Waals surface area contributed by atoms with E-state index in [-0.39, 0.29) is 28.2 Å². The lowest BCUT2D eigenvalue weighted by molar-refractivity contribution is -0.139. The summed E-state index contributed by atoms with van der Waals surface area (Å²) < 4.78 is 26.0. The maximum absolute atomic E-state index is 13.4. The summed E-state index contributed by atoms with van der Waals surface area (Å²) in [5.41, 5.74) is 1.03. The van der Waals surface area contributed by atoms with E-state index in [1.165, 1.54) is 23.1 Å². The Morgan fingerprint density at radius 2 is 1.73 bits per heavy atom. The molecule has 33 heavy (non-hydrogen) atoms. The van der Waals surface area contributed by atoms with Gasteiger partial charge in [0.05, 0.1) is 22.0 Å². The molecule has 0 aliphatic rings. The van der Waals surface area contributed by atoms with E-state index in [1.54, 1.807) is 6.92 Å². The quantitative estimate of drug-likeness (QED) is 0.458. The van der Waals surface area contributed by atoms with Gasteiger partial charge < -0.3 is 10.2 Å². The number of unbranched alkanes of at least 4 members (excludes halogenated alkanes) is 1. The third kappa shape index (κ3) is 7.91. The van der Waals surface area contributed by atoms with Gasteiger partial charge in [-0.05, 0) is 37.1 Å². The maximum Gasteiger partial charge on any atom is 0.244 e. The Balaban J connectivity index is 2.34. The van der Waals surface area contributed by atoms with E-state index in [0.29, 0.717) is 6.54 Å². The molecule has 0 spiro atoms. The number of nitrogens with zero attached hydrogens (tertiary/aromatic N) is 2. The van der Waals surface area contributed by atoms with Crippen LogP contribution >= 0.6 is 23.2 Å². The van der Waals surface area contributed by atoms with Crippen molar-refractivity contribution in [3.05, 3.63) is 64.1 Å². The van der Waals surface area contributed by atoms with E-state index < -0.39 is 28.5 Å². The molecule has 1 unspecified atom stereocenters. The molecule has 0 aliphatic heterocycles. The second kappa shape index (κ2) is 12.3. The number of nitrogens with one attached hydrogen (secondary N) is 1. The molecule has 2 aromatic rings. The predicted octanol–water partition coefficient (Wildman–Crippen LogP) is 4.09. The van der Waals surface area contributed by atoms with Crippen molar-refractivity contribution in [3.8, 4) is 0 Å². The number of rotatable bonds is 11. The van der Waals surface area contributed by atoms with E-state index in [1.807, 2.05) is 37.3 Å². The zero-order valence-electron chi connectivity index (χ0n) is 18.9. The fraction of sp³-hybridized carbons (Fsp3) is 0.391. The summed E-state index contributed by atoms with van der Waals surface area (Å²) in [4.78, 5) is 27.5. The van der Waals surface area contributed by atoms with Crippen LogP contribution < -0.4 is 9.62 Å². The Morgan fingerprint density at radius 3 is 2.30 bits per heavy atom. The van der Waals surface area contributed by atoms with Crippen LogP contribution in [0.5, 0.6) is 0 Å². The van der Waals surface area contributed by atoms with Gasteiger partial charge in [0.15, 0.2) is 0 Å². The molecule has 0 heterocycles. The fourth-order valence-corrected chi connectivity index (χ4v) is 4.29. The van der Waals surface area contributed by atoms with Crippen LogP contribution in [0.25, 0.3) is 0 Å². The van der Waals surface area contributed by atoms with Crippen molar-refractivity contribution in [1.82, 2.24) is 10.2 Å². The summed E-state index contributed by atoms with van der Waals surface area (Å²) in [6, 6.07) is 12.7. The summed E-state index contributed by atoms with van der Waals surface area (Å²) in [6.07, 6.45) is 2.75. The first kappa shape index (κ1) is 27.0. The van der Waals surface area contributed by atoms with Gasteiger partial charge in [-0.2, -0.15) is 0 Å². The van der Waals surface area contributed by atoms with Crippen molar-refractivity contribution >= 4 is 50.7 Å². The second-order valence-corrected chi connectivity index (χ2v) is 10.4. The number of hydrogen-bond acceptors (Lipinski definition) is 4. The molecule has 2 amide bonds. The van der Waals surface area contributed by atoms with Crippen molar-refractivity contribution in [3.63, 3.8) is 0 Å². The first-order valence-electron chi connectivity index (χ1n) is 10.6. The monoisotopic (exact) mass is 513 g/mol. The molecule has 0 aliphatic carbocycles. The zero-order valence-corrected chi connectivity index (χ0v) is 21.3. The molecule has 2 aromatic carbocycles. The molecule has 0 saturated heterocycles. The van der Waals surface area contributed by atoms with Gasteiger partial charge in [-0.15, -0.1) is 0 Å². The van der Waals surface area contributed by atoms with Gasteiger partial charge in [0.25, 0.3) is 0 Å². The van der Waals surface area contributed by atoms with Gasteiger partial charge >= 0.3 is 0 Å². The van der Waals surface area contributed by atoms with Crippen molar-refractivity contribution < 1.29 is 18.0 Å². The van der Waals surface area contributed by atoms with Gasteiger partial charge in [0.2, 0.25) is 21.8 Å². The Kier molecular flexibility index (Phi) is 10.0. The molecule has 2 rings (SSSR count). The highest BCUT2D eigenvalue weighted by Crippen LogP contribution is 2.28. The number of hydrogen-bond donors (Lipinski definition) is 1. The number of amides is 2. The molecule has 0 fully saturated rings. The Morgan fingerprint density at radius 1 is 1.06 bits per heavy atom. The lowest BCUT2D eigenvalue weighted by atomic mass is 10.1. The molecule has 7 nitrogen and oxygen atoms in total. The molecule has 1 atom stereocenters. The fourth-order valence-electron chi connectivity index (χ4n) is 3.15. The van der Waals surface area contributed by atoms with Crippen LogP contribution in [0.3, 0.4) is 0 Å². The van der Waals surface area contributed by atoms with Gasteiger partial charge in [-0.25, -0.2) is 8.42 Å². The van der Waals surface area contributed by atoms with Crippen LogP contribution in [0.1, 0.15) is 32.3 Å². The molecule has 180 valence electrons. The molecule has 1 N–H and O–H groups in total. The average Bonchev–Trinajstić information content (AvgIpc) is 2.77. The Hall–Kier alpha value is -2.29. The minimum atomic E-state index is -3.83. The largest absolute Gasteiger partial charge is 0.354 e. The van der Waals surface area contributed by atoms with Gasteiger partial charge in [0, 0.05) is 13.1 Å². The maximum atomic E-state index is 13.4. The SMILES string of the molecule is CCCCNC(=O)C(C)N(Cc1ccccc1)C(=O)CN(c1ccc(Cl)c(Cl)c1)S(C)(=O)=O. The Bertz CT molecular complexity index is 1060. The summed E-state index contributed by atoms with van der Waals surface area (Å²) in [7, 11) is -3.83. The van der Waals surface area contributed by atoms with E-state index in [2.05, 4.69) is 5.32 Å². The third-order valence-corrected chi connectivity index (χ3v) is 6.94. The van der Waals surface area contributed by atoms with Crippen LogP contribution in [0.4, 0.5) is 5.69 Å². The minimum Gasteiger partial charge on any atom is -0.354 e. The highest BCUT2D eigenvalue weighted by molar-refractivity contribution is 7.92. The summed E-state index contributed by atoms with van der Waals surface area (Å²) >= 11 is 12.0. The van der Waals surface area contributed by atoms with Crippen molar-refractivity contribution in [2.24, 2.45) is 0 Å². The van der Waals surface area contributed by atoms with Gasteiger partial charge in [-0.3, -0.25) is 13.9 Å². The second-order valence-electron chi connectivity index (χ2n) is 7.70. The first-order valence-corrected chi connectivity index (χ1v) is 13.2. The summed E-state index contributed by atoms with van der Waals surface area (Å²) in [5, 5.41) is 3.27. The third-order valence-electron chi connectivity index (χ3n) is 5.06. The van der Waals surface area contributed by atoms with Crippen LogP contribution in [-0.4, -0.2) is 50.5 Å². The van der Waals surface area contributed by atoms with E-state index in [9.17, 15) is 18.0 Å². The highest BCUT2D eigenvalue weighted by Gasteiger charge is 2.30. The molecule has 0 aromatic heterocycles. The van der Waals surface area contributed by atoms with Crippen LogP contribution in [0, 0.1) is 0 Å². The summed E-state index contributed by atoms with van der Waals surface area (Å²) in [6.45, 7) is 3.82. The van der Waals surface area contributed by atoms with Crippen LogP contribution in [-0.2, 0) is 26.2 Å². The zero-order chi connectivity index (χ0) is 24.6. The van der Waals surface area contributed by atoms with E-state index in [0.717, 1.165) is 29.0 Å². The topological polar surface area (TPSA) is 86.8 Å². The molecular formula is C23H29Cl2N3O4S. The minimum absolute atomic E-state index is 0.154. The van der Waals surface area contributed by atoms with Crippen molar-refractivity contribution in [2.75, 3.05) is 23.7 Å². The number of halogens is 2. The molecule has 0 bridgehead atoms. The Labute approximate surface area is 205 Å². The first-order chi connectivity index (χ1) is 15.5. The van der Waals surface area contributed by atoms with Crippen LogP contribution in [0.2, 0.25) is 10.0 Å².